The molecule has 0 aliphatic carbocycles. The van der Waals surface area contributed by atoms with E-state index in [4.69, 9.17) is 0 Å². The van der Waals surface area contributed by atoms with Crippen molar-refractivity contribution < 1.29 is 9.59 Å². The SMILES string of the molecule is CCC(CC)c1nnc(NC(=O)C2CC(=O)Nc3ccccc32)s1. The van der Waals surface area contributed by atoms with Crippen LogP contribution in [0.3, 0.4) is 0 Å². The van der Waals surface area contributed by atoms with Gasteiger partial charge in [0.15, 0.2) is 0 Å². The molecular weight excluding hydrogens is 324 g/mol. The van der Waals surface area contributed by atoms with Crippen LogP contribution < -0.4 is 10.6 Å². The molecule has 0 fully saturated rings. The van der Waals surface area contributed by atoms with Crippen LogP contribution in [0.2, 0.25) is 0 Å². The Morgan fingerprint density at radius 1 is 1.33 bits per heavy atom. The van der Waals surface area contributed by atoms with Crippen LogP contribution in [0.1, 0.15) is 55.5 Å². The Bertz CT molecular complexity index is 755. The third-order valence-electron chi connectivity index (χ3n) is 4.32. The normalized spacial score (nSPS) is 16.6. The second-order valence-electron chi connectivity index (χ2n) is 5.84. The first kappa shape index (κ1) is 16.6. The number of aromatic nitrogens is 2. The third kappa shape index (κ3) is 3.31. The third-order valence-corrected chi connectivity index (χ3v) is 5.32. The van der Waals surface area contributed by atoms with Gasteiger partial charge < -0.3 is 5.32 Å². The van der Waals surface area contributed by atoms with E-state index in [1.165, 1.54) is 11.3 Å². The van der Waals surface area contributed by atoms with Gasteiger partial charge in [0.2, 0.25) is 16.9 Å². The highest BCUT2D eigenvalue weighted by atomic mass is 32.1. The summed E-state index contributed by atoms with van der Waals surface area (Å²) in [5.41, 5.74) is 1.53. The molecule has 0 saturated heterocycles. The molecular formula is C17H20N4O2S. The number of anilines is 2. The minimum atomic E-state index is -0.504. The number of fused-ring (bicyclic) bond motifs is 1. The smallest absolute Gasteiger partial charge is 0.234 e. The highest BCUT2D eigenvalue weighted by molar-refractivity contribution is 7.15. The highest BCUT2D eigenvalue weighted by Crippen LogP contribution is 2.34. The summed E-state index contributed by atoms with van der Waals surface area (Å²) in [6, 6.07) is 7.39. The van der Waals surface area contributed by atoms with Gasteiger partial charge in [0.05, 0.1) is 5.92 Å². The second kappa shape index (κ2) is 7.09. The standard InChI is InChI=1S/C17H20N4O2S/c1-3-10(4-2)16-20-21-17(24-16)19-15(23)12-9-14(22)18-13-8-6-5-7-11(12)13/h5-8,10,12H,3-4,9H2,1-2H3,(H,18,22)(H,19,21,23). The number of hydrogen-bond donors (Lipinski definition) is 2. The van der Waals surface area contributed by atoms with Crippen LogP contribution in [0, 0.1) is 0 Å². The van der Waals surface area contributed by atoms with Crippen molar-refractivity contribution in [2.24, 2.45) is 0 Å². The molecule has 3 rings (SSSR count). The Kier molecular flexibility index (Phi) is 4.89. The Morgan fingerprint density at radius 2 is 2.08 bits per heavy atom. The number of carbonyl (C=O) groups excluding carboxylic acids is 2. The van der Waals surface area contributed by atoms with E-state index in [2.05, 4.69) is 34.7 Å². The topological polar surface area (TPSA) is 84.0 Å². The Balaban J connectivity index is 1.77. The second-order valence-corrected chi connectivity index (χ2v) is 6.85. The first-order valence-corrected chi connectivity index (χ1v) is 8.97. The summed E-state index contributed by atoms with van der Waals surface area (Å²) >= 11 is 1.41. The molecule has 0 radical (unpaired) electrons. The van der Waals surface area contributed by atoms with Crippen LogP contribution in [-0.4, -0.2) is 22.0 Å². The molecule has 126 valence electrons. The molecule has 1 aliphatic rings. The molecule has 1 aromatic heterocycles. The van der Waals surface area contributed by atoms with Crippen molar-refractivity contribution in [3.63, 3.8) is 0 Å². The minimum Gasteiger partial charge on any atom is -0.326 e. The predicted octanol–water partition coefficient (Wildman–Crippen LogP) is 3.51. The van der Waals surface area contributed by atoms with Gasteiger partial charge in [0.1, 0.15) is 5.01 Å². The van der Waals surface area contributed by atoms with Crippen LogP contribution in [-0.2, 0) is 9.59 Å². The lowest BCUT2D eigenvalue weighted by molar-refractivity contribution is -0.123. The number of hydrogen-bond acceptors (Lipinski definition) is 5. The van der Waals surface area contributed by atoms with Gasteiger partial charge in [-0.2, -0.15) is 0 Å². The first-order chi connectivity index (χ1) is 11.6. The molecule has 2 N–H and O–H groups in total. The van der Waals surface area contributed by atoms with Crippen LogP contribution in [0.4, 0.5) is 10.8 Å². The van der Waals surface area contributed by atoms with E-state index in [1.807, 2.05) is 24.3 Å². The van der Waals surface area contributed by atoms with Crippen molar-refractivity contribution in [2.45, 2.75) is 44.9 Å². The fraction of sp³-hybridized carbons (Fsp3) is 0.412. The van der Waals surface area contributed by atoms with Crippen molar-refractivity contribution in [1.82, 2.24) is 10.2 Å². The van der Waals surface area contributed by atoms with Crippen LogP contribution in [0.5, 0.6) is 0 Å². The summed E-state index contributed by atoms with van der Waals surface area (Å²) in [5.74, 6) is -0.502. The van der Waals surface area contributed by atoms with E-state index in [-0.39, 0.29) is 18.2 Å². The predicted molar refractivity (Wildman–Crippen MR) is 94.3 cm³/mol. The molecule has 6 nitrogen and oxygen atoms in total. The van der Waals surface area contributed by atoms with Crippen LogP contribution in [0.25, 0.3) is 0 Å². The van der Waals surface area contributed by atoms with E-state index in [9.17, 15) is 9.59 Å². The summed E-state index contributed by atoms with van der Waals surface area (Å²) in [6.45, 7) is 4.23. The fourth-order valence-corrected chi connectivity index (χ4v) is 3.94. The average molecular weight is 344 g/mol. The minimum absolute atomic E-state index is 0.140. The van der Waals surface area contributed by atoms with Gasteiger partial charge in [-0.25, -0.2) is 0 Å². The molecule has 2 heterocycles. The average Bonchev–Trinajstić information content (AvgIpc) is 3.03. The van der Waals surface area contributed by atoms with Gasteiger partial charge in [-0.15, -0.1) is 10.2 Å². The molecule has 7 heteroatoms. The van der Waals surface area contributed by atoms with Crippen molar-refractivity contribution >= 4 is 34.0 Å². The lowest BCUT2D eigenvalue weighted by Gasteiger charge is -2.24. The van der Waals surface area contributed by atoms with Crippen LogP contribution >= 0.6 is 11.3 Å². The molecule has 1 aromatic carbocycles. The van der Waals surface area contributed by atoms with E-state index in [0.29, 0.717) is 16.7 Å². The van der Waals surface area contributed by atoms with E-state index in [1.54, 1.807) is 0 Å². The molecule has 1 atom stereocenters. The van der Waals surface area contributed by atoms with Gasteiger partial charge in [0, 0.05) is 18.0 Å². The van der Waals surface area contributed by atoms with E-state index < -0.39 is 5.92 Å². The number of rotatable bonds is 5. The molecule has 2 amide bonds. The highest BCUT2D eigenvalue weighted by Gasteiger charge is 2.31. The summed E-state index contributed by atoms with van der Waals surface area (Å²) in [4.78, 5) is 24.5. The van der Waals surface area contributed by atoms with Crippen molar-refractivity contribution in [3.05, 3.63) is 34.8 Å². The zero-order valence-electron chi connectivity index (χ0n) is 13.7. The zero-order chi connectivity index (χ0) is 17.1. The lowest BCUT2D eigenvalue weighted by atomic mass is 9.90. The number of nitrogens with zero attached hydrogens (tertiary/aromatic N) is 2. The Morgan fingerprint density at radius 3 is 2.83 bits per heavy atom. The summed E-state index contributed by atoms with van der Waals surface area (Å²) < 4.78 is 0. The first-order valence-electron chi connectivity index (χ1n) is 8.15. The van der Waals surface area contributed by atoms with Crippen molar-refractivity contribution in [2.75, 3.05) is 10.6 Å². The maximum absolute atomic E-state index is 12.6. The maximum Gasteiger partial charge on any atom is 0.234 e. The molecule has 0 saturated carbocycles. The van der Waals surface area contributed by atoms with Gasteiger partial charge in [-0.05, 0) is 24.5 Å². The number of carbonyl (C=O) groups is 2. The van der Waals surface area contributed by atoms with E-state index in [0.717, 1.165) is 23.4 Å². The molecule has 2 aromatic rings. The molecule has 1 aliphatic heterocycles. The zero-order valence-corrected chi connectivity index (χ0v) is 14.5. The largest absolute Gasteiger partial charge is 0.326 e. The Hall–Kier alpha value is -2.28. The van der Waals surface area contributed by atoms with Crippen molar-refractivity contribution in [3.8, 4) is 0 Å². The van der Waals surface area contributed by atoms with Gasteiger partial charge >= 0.3 is 0 Å². The van der Waals surface area contributed by atoms with Gasteiger partial charge in [0.25, 0.3) is 0 Å². The number of amides is 2. The summed E-state index contributed by atoms with van der Waals surface area (Å²) in [7, 11) is 0. The fourth-order valence-electron chi connectivity index (χ4n) is 2.93. The summed E-state index contributed by atoms with van der Waals surface area (Å²) in [5, 5.41) is 15.3. The van der Waals surface area contributed by atoms with Gasteiger partial charge in [-0.1, -0.05) is 43.4 Å². The molecule has 1 unspecified atom stereocenters. The lowest BCUT2D eigenvalue weighted by Crippen LogP contribution is -2.30. The van der Waals surface area contributed by atoms with Crippen LogP contribution in [0.15, 0.2) is 24.3 Å². The Labute approximate surface area is 144 Å². The molecule has 0 bridgehead atoms. The number of para-hydroxylation sites is 1. The summed E-state index contributed by atoms with van der Waals surface area (Å²) in [6.07, 6.45) is 2.13. The molecule has 24 heavy (non-hydrogen) atoms. The number of benzene rings is 1. The molecule has 0 spiro atoms. The monoisotopic (exact) mass is 344 g/mol. The van der Waals surface area contributed by atoms with E-state index >= 15 is 0 Å². The van der Waals surface area contributed by atoms with Gasteiger partial charge in [-0.3, -0.25) is 14.9 Å². The number of nitrogens with one attached hydrogen (secondary N) is 2. The quantitative estimate of drug-likeness (QED) is 0.869. The van der Waals surface area contributed by atoms with Crippen molar-refractivity contribution in [1.29, 1.82) is 0 Å². The maximum atomic E-state index is 12.6.